The number of hydrogen-bond acceptors (Lipinski definition) is 7. The lowest BCUT2D eigenvalue weighted by molar-refractivity contribution is 0.0443. The van der Waals surface area contributed by atoms with Crippen molar-refractivity contribution in [2.75, 3.05) is 20.3 Å². The Kier molecular flexibility index (Phi) is 5.96. The minimum atomic E-state index is -0.765. The first-order chi connectivity index (χ1) is 14.3. The van der Waals surface area contributed by atoms with Gasteiger partial charge < -0.3 is 23.6 Å². The molecule has 0 unspecified atom stereocenters. The Morgan fingerprint density at radius 2 is 1.70 bits per heavy atom. The summed E-state index contributed by atoms with van der Waals surface area (Å²) in [5.74, 6) is -1.23. The van der Waals surface area contributed by atoms with Crippen molar-refractivity contribution in [1.29, 1.82) is 0 Å². The van der Waals surface area contributed by atoms with Crippen LogP contribution in [0.2, 0.25) is 0 Å². The smallest absolute Gasteiger partial charge is 0.375 e. The summed E-state index contributed by atoms with van der Waals surface area (Å²) >= 11 is 0. The lowest BCUT2D eigenvalue weighted by Crippen LogP contribution is -2.18. The second-order valence-corrected chi connectivity index (χ2v) is 6.76. The van der Waals surface area contributed by atoms with Gasteiger partial charge in [0.2, 0.25) is 11.5 Å². The van der Waals surface area contributed by atoms with Crippen LogP contribution in [0.25, 0.3) is 11.0 Å². The van der Waals surface area contributed by atoms with Crippen molar-refractivity contribution in [3.05, 3.63) is 52.0 Å². The maximum atomic E-state index is 12.7. The summed E-state index contributed by atoms with van der Waals surface area (Å²) in [6.07, 6.45) is 0. The van der Waals surface area contributed by atoms with Crippen LogP contribution in [0, 0.1) is 20.8 Å². The van der Waals surface area contributed by atoms with Gasteiger partial charge in [-0.3, -0.25) is 4.79 Å². The summed E-state index contributed by atoms with van der Waals surface area (Å²) < 4.78 is 21.0. The molecule has 0 bridgehead atoms. The molecule has 0 saturated heterocycles. The number of carbonyl (C=O) groups is 3. The molecule has 0 aliphatic heterocycles. The molecule has 1 N–H and O–H groups in total. The topological polar surface area (TPSA) is 108 Å². The van der Waals surface area contributed by atoms with E-state index in [0.717, 1.165) is 0 Å². The molecular weight excluding hydrogens is 390 g/mol. The van der Waals surface area contributed by atoms with Gasteiger partial charge in [-0.25, -0.2) is 9.59 Å². The van der Waals surface area contributed by atoms with E-state index in [-0.39, 0.29) is 23.5 Å². The van der Waals surface area contributed by atoms with Crippen molar-refractivity contribution in [1.82, 2.24) is 4.98 Å². The highest BCUT2D eigenvalue weighted by Crippen LogP contribution is 2.29. The maximum absolute atomic E-state index is 12.7. The first-order valence-electron chi connectivity index (χ1n) is 9.42. The van der Waals surface area contributed by atoms with Gasteiger partial charge in [-0.2, -0.15) is 0 Å². The van der Waals surface area contributed by atoms with Crippen molar-refractivity contribution < 1.29 is 33.0 Å². The first-order valence-corrected chi connectivity index (χ1v) is 9.42. The van der Waals surface area contributed by atoms with Crippen LogP contribution in [0.5, 0.6) is 5.75 Å². The molecule has 3 rings (SSSR count). The van der Waals surface area contributed by atoms with Gasteiger partial charge >= 0.3 is 11.9 Å². The number of aromatic nitrogens is 1. The summed E-state index contributed by atoms with van der Waals surface area (Å²) in [5, 5.41) is 0.717. The van der Waals surface area contributed by atoms with E-state index in [1.807, 2.05) is 0 Å². The number of hydrogen-bond donors (Lipinski definition) is 1. The minimum Gasteiger partial charge on any atom is -0.497 e. The average Bonchev–Trinajstić information content (AvgIpc) is 3.21. The van der Waals surface area contributed by atoms with E-state index in [0.29, 0.717) is 33.7 Å². The van der Waals surface area contributed by atoms with Crippen LogP contribution in [0.1, 0.15) is 55.1 Å². The molecule has 0 fully saturated rings. The number of ketones is 1. The fourth-order valence-corrected chi connectivity index (χ4v) is 3.38. The molecule has 8 heteroatoms. The van der Waals surface area contributed by atoms with Gasteiger partial charge in [-0.15, -0.1) is 0 Å². The molecule has 2 heterocycles. The van der Waals surface area contributed by atoms with Gasteiger partial charge in [0, 0.05) is 22.3 Å². The Bertz CT molecular complexity index is 1140. The van der Waals surface area contributed by atoms with E-state index < -0.39 is 24.3 Å². The molecule has 1 aromatic carbocycles. The van der Waals surface area contributed by atoms with Crippen molar-refractivity contribution >= 4 is 28.7 Å². The summed E-state index contributed by atoms with van der Waals surface area (Å²) in [6.45, 7) is 6.39. The third-order valence-corrected chi connectivity index (χ3v) is 4.80. The van der Waals surface area contributed by atoms with E-state index in [1.165, 1.54) is 0 Å². The summed E-state index contributed by atoms with van der Waals surface area (Å²) in [5.41, 5.74) is 2.43. The molecular formula is C22H23NO7. The molecule has 0 amide bonds. The van der Waals surface area contributed by atoms with Crippen LogP contribution in [-0.2, 0) is 9.47 Å². The number of benzene rings is 1. The number of aromatic amines is 1. The third-order valence-electron chi connectivity index (χ3n) is 4.80. The molecule has 0 radical (unpaired) electrons. The Balaban J connectivity index is 1.80. The van der Waals surface area contributed by atoms with Crippen LogP contribution in [0.15, 0.2) is 22.6 Å². The van der Waals surface area contributed by atoms with Crippen LogP contribution in [0.3, 0.4) is 0 Å². The first kappa shape index (κ1) is 21.2. The second-order valence-electron chi connectivity index (χ2n) is 6.76. The average molecular weight is 413 g/mol. The second kappa shape index (κ2) is 8.44. The minimum absolute atomic E-state index is 0.0126. The number of ether oxygens (including phenoxy) is 3. The predicted octanol–water partition coefficient (Wildman–Crippen LogP) is 3.91. The predicted molar refractivity (Wildman–Crippen MR) is 108 cm³/mol. The summed E-state index contributed by atoms with van der Waals surface area (Å²) in [4.78, 5) is 40.5. The van der Waals surface area contributed by atoms with Crippen molar-refractivity contribution in [3.8, 4) is 5.75 Å². The van der Waals surface area contributed by atoms with Gasteiger partial charge in [0.25, 0.3) is 0 Å². The number of H-pyrrole nitrogens is 1. The van der Waals surface area contributed by atoms with Crippen molar-refractivity contribution in [3.63, 3.8) is 0 Å². The number of esters is 2. The van der Waals surface area contributed by atoms with Crippen LogP contribution in [0.4, 0.5) is 0 Å². The zero-order valence-electron chi connectivity index (χ0n) is 17.5. The fraction of sp³-hybridized carbons (Fsp3) is 0.318. The molecule has 0 aliphatic rings. The van der Waals surface area contributed by atoms with Crippen molar-refractivity contribution in [2.45, 2.75) is 27.7 Å². The Morgan fingerprint density at radius 3 is 2.37 bits per heavy atom. The van der Waals surface area contributed by atoms with Gasteiger partial charge in [0.15, 0.2) is 6.61 Å². The van der Waals surface area contributed by atoms with Crippen LogP contribution in [-0.4, -0.2) is 43.0 Å². The quantitative estimate of drug-likeness (QED) is 0.462. The number of nitrogens with one attached hydrogen (secondary N) is 1. The van der Waals surface area contributed by atoms with Crippen LogP contribution >= 0.6 is 0 Å². The number of methoxy groups -OCH3 is 1. The molecule has 158 valence electrons. The van der Waals surface area contributed by atoms with Gasteiger partial charge in [0.1, 0.15) is 11.3 Å². The zero-order chi connectivity index (χ0) is 22.0. The van der Waals surface area contributed by atoms with Crippen LogP contribution < -0.4 is 4.74 Å². The van der Waals surface area contributed by atoms with Gasteiger partial charge in [-0.05, 0) is 45.9 Å². The lowest BCUT2D eigenvalue weighted by Gasteiger charge is -2.06. The van der Waals surface area contributed by atoms with E-state index in [9.17, 15) is 14.4 Å². The number of aryl methyl sites for hydroxylation is 3. The molecule has 8 nitrogen and oxygen atoms in total. The number of furan rings is 1. The largest absolute Gasteiger partial charge is 0.497 e. The molecule has 0 atom stereocenters. The zero-order valence-corrected chi connectivity index (χ0v) is 17.5. The molecule has 0 spiro atoms. The van der Waals surface area contributed by atoms with Crippen molar-refractivity contribution in [2.24, 2.45) is 0 Å². The summed E-state index contributed by atoms with van der Waals surface area (Å²) in [6, 6.07) is 5.17. The number of carbonyl (C=O) groups excluding carboxylic acids is 3. The number of Topliss-reactive ketones (excluding diaryl/α,β-unsaturated/α-hetero) is 1. The fourth-order valence-electron chi connectivity index (χ4n) is 3.38. The molecule has 3 aromatic rings. The summed E-state index contributed by atoms with van der Waals surface area (Å²) in [7, 11) is 1.55. The highest BCUT2D eigenvalue weighted by atomic mass is 16.5. The maximum Gasteiger partial charge on any atom is 0.375 e. The Morgan fingerprint density at radius 1 is 1.00 bits per heavy atom. The van der Waals surface area contributed by atoms with E-state index in [2.05, 4.69) is 4.98 Å². The number of rotatable bonds is 7. The molecule has 0 saturated carbocycles. The molecule has 0 aliphatic carbocycles. The highest BCUT2D eigenvalue weighted by Gasteiger charge is 2.27. The Hall–Kier alpha value is -3.55. The lowest BCUT2D eigenvalue weighted by atomic mass is 10.1. The molecule has 30 heavy (non-hydrogen) atoms. The van der Waals surface area contributed by atoms with Gasteiger partial charge in [0.05, 0.1) is 24.8 Å². The Labute approximate surface area is 173 Å². The van der Waals surface area contributed by atoms with E-state index in [4.69, 9.17) is 18.6 Å². The van der Waals surface area contributed by atoms with E-state index >= 15 is 0 Å². The van der Waals surface area contributed by atoms with E-state index in [1.54, 1.807) is 53.0 Å². The highest BCUT2D eigenvalue weighted by molar-refractivity contribution is 6.09. The molecule has 2 aromatic heterocycles. The standard InChI is InChI=1S/C22H23NO7/c1-6-28-21(25)19-13(4)23-12(3)18(19)16(24)10-29-22(26)20-11(2)15-9-14(27-5)7-8-17(15)30-20/h7-9,23H,6,10H2,1-5H3. The SMILES string of the molecule is CCOC(=O)c1c(C)[nH]c(C)c1C(=O)COC(=O)c1oc2ccc(OC)cc2c1C. The van der Waals surface area contributed by atoms with Gasteiger partial charge in [-0.1, -0.05) is 0 Å². The number of fused-ring (bicyclic) bond motifs is 1. The monoisotopic (exact) mass is 413 g/mol. The third kappa shape index (κ3) is 3.80. The normalized spacial score (nSPS) is 10.8.